The zero-order valence-corrected chi connectivity index (χ0v) is 18.1. The standard InChI is InChI=1S/C24H40O5/c1-3-5-6-11-19(25)12-8-14-21-20(22(26)17-23(21)27)13-7-10-18(9-4-2)15-16-24(28)29/h7-8,10,14,18,20-23,26-27H,3-6,9,11-13,15-17H2,1-2H3,(H,28,29)/t18?,20-,21-,22+,23-/m1/s1. The minimum atomic E-state index is -0.775. The van der Waals surface area contributed by atoms with Crippen molar-refractivity contribution in [3.8, 4) is 0 Å². The van der Waals surface area contributed by atoms with E-state index in [0.717, 1.165) is 32.1 Å². The fraction of sp³-hybridized carbons (Fsp3) is 0.750. The average Bonchev–Trinajstić information content (AvgIpc) is 2.93. The van der Waals surface area contributed by atoms with E-state index in [-0.39, 0.29) is 30.0 Å². The number of carbonyl (C=O) groups is 2. The second-order valence-corrected chi connectivity index (χ2v) is 8.38. The van der Waals surface area contributed by atoms with Crippen LogP contribution in [-0.4, -0.2) is 39.3 Å². The van der Waals surface area contributed by atoms with Crippen molar-refractivity contribution in [2.75, 3.05) is 0 Å². The summed E-state index contributed by atoms with van der Waals surface area (Å²) in [6.45, 7) is 4.20. The molecule has 29 heavy (non-hydrogen) atoms. The van der Waals surface area contributed by atoms with Crippen LogP contribution in [0.1, 0.15) is 84.5 Å². The number of hydrogen-bond acceptors (Lipinski definition) is 4. The number of ketones is 1. The molecule has 0 aromatic heterocycles. The molecule has 5 nitrogen and oxygen atoms in total. The van der Waals surface area contributed by atoms with Crippen LogP contribution in [0.15, 0.2) is 24.3 Å². The number of carbonyl (C=O) groups excluding carboxylic acids is 1. The Morgan fingerprint density at radius 1 is 1.00 bits per heavy atom. The number of aliphatic hydroxyl groups is 2. The van der Waals surface area contributed by atoms with Gasteiger partial charge in [-0.05, 0) is 37.5 Å². The van der Waals surface area contributed by atoms with E-state index < -0.39 is 18.2 Å². The van der Waals surface area contributed by atoms with E-state index >= 15 is 0 Å². The first-order valence-corrected chi connectivity index (χ1v) is 11.3. The molecule has 1 aliphatic carbocycles. The lowest BCUT2D eigenvalue weighted by Crippen LogP contribution is -2.20. The molecule has 0 spiro atoms. The fourth-order valence-corrected chi connectivity index (χ4v) is 4.18. The van der Waals surface area contributed by atoms with Gasteiger partial charge in [0.1, 0.15) is 5.78 Å². The third-order valence-corrected chi connectivity index (χ3v) is 5.88. The molecule has 0 aliphatic heterocycles. The van der Waals surface area contributed by atoms with Crippen molar-refractivity contribution >= 4 is 11.8 Å². The number of carboxylic acid groups (broad SMARTS) is 1. The van der Waals surface area contributed by atoms with Crippen molar-refractivity contribution in [2.24, 2.45) is 17.8 Å². The first-order valence-electron chi connectivity index (χ1n) is 11.3. The first-order chi connectivity index (χ1) is 13.9. The summed E-state index contributed by atoms with van der Waals surface area (Å²) in [5.41, 5.74) is 0. The van der Waals surface area contributed by atoms with Crippen LogP contribution in [0.2, 0.25) is 0 Å². The van der Waals surface area contributed by atoms with Crippen molar-refractivity contribution in [3.63, 3.8) is 0 Å². The molecule has 0 radical (unpaired) electrons. The van der Waals surface area contributed by atoms with E-state index in [9.17, 15) is 19.8 Å². The van der Waals surface area contributed by atoms with Gasteiger partial charge in [0.25, 0.3) is 0 Å². The summed E-state index contributed by atoms with van der Waals surface area (Å²) in [6, 6.07) is 0. The van der Waals surface area contributed by atoms with Gasteiger partial charge in [0, 0.05) is 31.6 Å². The molecule has 0 aromatic rings. The molecule has 166 valence electrons. The molecular weight excluding hydrogens is 368 g/mol. The predicted octanol–water partition coefficient (Wildman–Crippen LogP) is 4.67. The van der Waals surface area contributed by atoms with Crippen molar-refractivity contribution < 1.29 is 24.9 Å². The van der Waals surface area contributed by atoms with Gasteiger partial charge in [0.2, 0.25) is 0 Å². The number of aliphatic hydroxyl groups excluding tert-OH is 2. The van der Waals surface area contributed by atoms with Gasteiger partial charge in [-0.25, -0.2) is 0 Å². The summed E-state index contributed by atoms with van der Waals surface area (Å²) in [6.07, 6.45) is 14.5. The van der Waals surface area contributed by atoms with E-state index in [2.05, 4.69) is 19.9 Å². The summed E-state index contributed by atoms with van der Waals surface area (Å²) >= 11 is 0. The monoisotopic (exact) mass is 408 g/mol. The van der Waals surface area contributed by atoms with Crippen LogP contribution in [0.25, 0.3) is 0 Å². The summed E-state index contributed by atoms with van der Waals surface area (Å²) in [5, 5.41) is 29.6. The Morgan fingerprint density at radius 3 is 2.41 bits per heavy atom. The Balaban J connectivity index is 2.59. The number of hydrogen-bond donors (Lipinski definition) is 3. The van der Waals surface area contributed by atoms with Crippen LogP contribution in [0.4, 0.5) is 0 Å². The molecule has 1 aliphatic rings. The molecule has 5 atom stereocenters. The maximum absolute atomic E-state index is 11.9. The number of Topliss-reactive ketones (excluding diaryl/α,β-unsaturated/α-hetero) is 1. The predicted molar refractivity (Wildman–Crippen MR) is 116 cm³/mol. The van der Waals surface area contributed by atoms with Gasteiger partial charge in [0.05, 0.1) is 12.2 Å². The highest BCUT2D eigenvalue weighted by Crippen LogP contribution is 2.36. The average molecular weight is 409 g/mol. The third-order valence-electron chi connectivity index (χ3n) is 5.88. The van der Waals surface area contributed by atoms with Gasteiger partial charge in [-0.3, -0.25) is 9.59 Å². The van der Waals surface area contributed by atoms with E-state index in [0.29, 0.717) is 32.1 Å². The number of unbranched alkanes of at least 4 members (excludes halogenated alkanes) is 2. The molecular formula is C24H40O5. The van der Waals surface area contributed by atoms with Gasteiger partial charge < -0.3 is 15.3 Å². The number of rotatable bonds is 15. The smallest absolute Gasteiger partial charge is 0.303 e. The van der Waals surface area contributed by atoms with Crippen molar-refractivity contribution in [3.05, 3.63) is 24.3 Å². The van der Waals surface area contributed by atoms with Crippen LogP contribution in [-0.2, 0) is 9.59 Å². The highest BCUT2D eigenvalue weighted by Gasteiger charge is 2.39. The Morgan fingerprint density at radius 2 is 1.76 bits per heavy atom. The SMILES string of the molecule is CCCCCC(=O)CC=C[C@@H]1[C@@H](CC=CC(CCC)CCC(=O)O)[C@@H](O)C[C@H]1O. The topological polar surface area (TPSA) is 94.8 Å². The van der Waals surface area contributed by atoms with Crippen molar-refractivity contribution in [2.45, 2.75) is 96.7 Å². The van der Waals surface area contributed by atoms with Crippen LogP contribution in [0.5, 0.6) is 0 Å². The minimum Gasteiger partial charge on any atom is -0.481 e. The highest BCUT2D eigenvalue weighted by molar-refractivity contribution is 5.79. The van der Waals surface area contributed by atoms with E-state index in [4.69, 9.17) is 5.11 Å². The number of allylic oxidation sites excluding steroid dienone is 3. The molecule has 5 heteroatoms. The molecule has 0 amide bonds. The largest absolute Gasteiger partial charge is 0.481 e. The fourth-order valence-electron chi connectivity index (χ4n) is 4.18. The van der Waals surface area contributed by atoms with Gasteiger partial charge in [-0.1, -0.05) is 57.4 Å². The lowest BCUT2D eigenvalue weighted by atomic mass is 9.88. The molecule has 1 unspecified atom stereocenters. The van der Waals surface area contributed by atoms with E-state index in [1.807, 2.05) is 18.2 Å². The van der Waals surface area contributed by atoms with Gasteiger partial charge in [-0.2, -0.15) is 0 Å². The normalized spacial score (nSPS) is 25.8. The van der Waals surface area contributed by atoms with Crippen molar-refractivity contribution in [1.29, 1.82) is 0 Å². The molecule has 3 N–H and O–H groups in total. The molecule has 0 aromatic carbocycles. The summed E-state index contributed by atoms with van der Waals surface area (Å²) in [5.74, 6) is -0.547. The lowest BCUT2D eigenvalue weighted by molar-refractivity contribution is -0.137. The Labute approximate surface area is 175 Å². The van der Waals surface area contributed by atoms with E-state index in [1.165, 1.54) is 0 Å². The van der Waals surface area contributed by atoms with Gasteiger partial charge >= 0.3 is 5.97 Å². The van der Waals surface area contributed by atoms with Gasteiger partial charge in [-0.15, -0.1) is 0 Å². The van der Waals surface area contributed by atoms with Crippen LogP contribution in [0.3, 0.4) is 0 Å². The minimum absolute atomic E-state index is 0.0746. The second kappa shape index (κ2) is 14.5. The molecule has 0 saturated heterocycles. The maximum Gasteiger partial charge on any atom is 0.303 e. The Kier molecular flexibility index (Phi) is 12.8. The molecule has 1 saturated carbocycles. The van der Waals surface area contributed by atoms with Gasteiger partial charge in [0.15, 0.2) is 0 Å². The maximum atomic E-state index is 11.9. The van der Waals surface area contributed by atoms with E-state index in [1.54, 1.807) is 0 Å². The molecule has 1 rings (SSSR count). The first kappa shape index (κ1) is 25.6. The second-order valence-electron chi connectivity index (χ2n) is 8.38. The lowest BCUT2D eigenvalue weighted by Gasteiger charge is -2.19. The van der Waals surface area contributed by atoms with Crippen LogP contribution < -0.4 is 0 Å². The third kappa shape index (κ3) is 10.2. The zero-order valence-electron chi connectivity index (χ0n) is 18.1. The van der Waals surface area contributed by atoms with Crippen LogP contribution >= 0.6 is 0 Å². The quantitative estimate of drug-likeness (QED) is 0.270. The zero-order chi connectivity index (χ0) is 21.6. The highest BCUT2D eigenvalue weighted by atomic mass is 16.4. The number of aliphatic carboxylic acids is 1. The summed E-state index contributed by atoms with van der Waals surface area (Å²) in [7, 11) is 0. The number of carboxylic acids is 1. The summed E-state index contributed by atoms with van der Waals surface area (Å²) < 4.78 is 0. The summed E-state index contributed by atoms with van der Waals surface area (Å²) in [4.78, 5) is 22.7. The Bertz CT molecular complexity index is 539. The molecule has 0 bridgehead atoms. The van der Waals surface area contributed by atoms with Crippen LogP contribution in [0, 0.1) is 17.8 Å². The molecule has 0 heterocycles. The van der Waals surface area contributed by atoms with Crippen molar-refractivity contribution in [1.82, 2.24) is 0 Å². The molecule has 1 fully saturated rings. The Hall–Kier alpha value is -1.46.